The fourth-order valence-corrected chi connectivity index (χ4v) is 2.60. The van der Waals surface area contributed by atoms with Crippen LogP contribution in [0.3, 0.4) is 0 Å². The molecule has 98 valence electrons. The quantitative estimate of drug-likeness (QED) is 0.752. The number of likely N-dealkylation sites (N-methyl/N-ethyl adjacent to an activating group) is 1. The number of nitrogens with zero attached hydrogens (tertiary/aromatic N) is 2. The number of rotatable bonds is 2. The normalized spacial score (nSPS) is 21.1. The molecule has 1 atom stereocenters. The van der Waals surface area contributed by atoms with Gasteiger partial charge in [-0.05, 0) is 33.0 Å². The Morgan fingerprint density at radius 1 is 1.39 bits per heavy atom. The van der Waals surface area contributed by atoms with Crippen LogP contribution in [0.5, 0.6) is 0 Å². The molecule has 0 N–H and O–H groups in total. The Balaban J connectivity index is 2.39. The Labute approximate surface area is 107 Å². The lowest BCUT2D eigenvalue weighted by atomic mass is 10.0. The van der Waals surface area contributed by atoms with Crippen molar-refractivity contribution < 1.29 is 9.18 Å². The molecule has 1 aromatic carbocycles. The van der Waals surface area contributed by atoms with E-state index in [9.17, 15) is 9.18 Å². The summed E-state index contributed by atoms with van der Waals surface area (Å²) in [5.41, 5.74) is 0.942. The van der Waals surface area contributed by atoms with Gasteiger partial charge in [0.25, 0.3) is 0 Å². The Kier molecular flexibility index (Phi) is 3.66. The molecular weight excluding hydrogens is 231 g/mol. The number of piperazine rings is 1. The topological polar surface area (TPSA) is 23.6 Å². The van der Waals surface area contributed by atoms with E-state index >= 15 is 0 Å². The highest BCUT2D eigenvalue weighted by molar-refractivity contribution is 6.00. The molecule has 0 spiro atoms. The Bertz CT molecular complexity index is 461. The zero-order valence-corrected chi connectivity index (χ0v) is 11.1. The maximum atomic E-state index is 13.8. The van der Waals surface area contributed by atoms with E-state index in [0.29, 0.717) is 0 Å². The predicted molar refractivity (Wildman–Crippen MR) is 70.7 cm³/mol. The molecule has 0 amide bonds. The van der Waals surface area contributed by atoms with Crippen LogP contribution in [-0.2, 0) is 0 Å². The third-order valence-corrected chi connectivity index (χ3v) is 3.48. The predicted octanol–water partition coefficient (Wildman–Crippen LogP) is 2.17. The van der Waals surface area contributed by atoms with Gasteiger partial charge in [-0.3, -0.25) is 4.79 Å². The first kappa shape index (κ1) is 13.0. The minimum Gasteiger partial charge on any atom is -0.366 e. The molecule has 1 unspecified atom stereocenters. The number of ketones is 1. The number of halogens is 1. The lowest BCUT2D eigenvalue weighted by Gasteiger charge is -2.40. The zero-order chi connectivity index (χ0) is 13.3. The lowest BCUT2D eigenvalue weighted by molar-refractivity contribution is 0.101. The maximum Gasteiger partial charge on any atom is 0.164 e. The molecule has 1 aliphatic rings. The van der Waals surface area contributed by atoms with Gasteiger partial charge < -0.3 is 9.80 Å². The molecule has 2 rings (SSSR count). The molecule has 3 nitrogen and oxygen atoms in total. The highest BCUT2D eigenvalue weighted by atomic mass is 19.1. The van der Waals surface area contributed by atoms with Crippen LogP contribution in [-0.4, -0.2) is 43.4 Å². The van der Waals surface area contributed by atoms with E-state index in [4.69, 9.17) is 0 Å². The molecule has 0 aromatic heterocycles. The van der Waals surface area contributed by atoms with Gasteiger partial charge in [0.15, 0.2) is 5.78 Å². The minimum absolute atomic E-state index is 0.214. The van der Waals surface area contributed by atoms with Gasteiger partial charge in [0, 0.05) is 25.7 Å². The van der Waals surface area contributed by atoms with Crippen LogP contribution in [0.1, 0.15) is 24.2 Å². The average molecular weight is 250 g/mol. The lowest BCUT2D eigenvalue weighted by Crippen LogP contribution is -2.51. The van der Waals surface area contributed by atoms with E-state index in [1.54, 1.807) is 6.07 Å². The highest BCUT2D eigenvalue weighted by Crippen LogP contribution is 2.27. The van der Waals surface area contributed by atoms with Crippen LogP contribution in [0.25, 0.3) is 0 Å². The van der Waals surface area contributed by atoms with Gasteiger partial charge in [0.2, 0.25) is 0 Å². The van der Waals surface area contributed by atoms with Gasteiger partial charge in [-0.2, -0.15) is 0 Å². The van der Waals surface area contributed by atoms with E-state index in [0.717, 1.165) is 25.3 Å². The van der Waals surface area contributed by atoms with Crippen molar-refractivity contribution >= 4 is 11.5 Å². The van der Waals surface area contributed by atoms with E-state index in [1.165, 1.54) is 13.0 Å². The minimum atomic E-state index is -0.425. The number of carbonyl (C=O) groups is 1. The Morgan fingerprint density at radius 2 is 2.11 bits per heavy atom. The molecule has 0 aliphatic carbocycles. The zero-order valence-electron chi connectivity index (χ0n) is 11.1. The maximum absolute atomic E-state index is 13.8. The average Bonchev–Trinajstić information content (AvgIpc) is 2.28. The first-order valence-electron chi connectivity index (χ1n) is 6.25. The number of anilines is 1. The summed E-state index contributed by atoms with van der Waals surface area (Å²) in [6.45, 7) is 6.20. The summed E-state index contributed by atoms with van der Waals surface area (Å²) in [6, 6.07) is 5.13. The van der Waals surface area contributed by atoms with Crippen LogP contribution in [0.2, 0.25) is 0 Å². The van der Waals surface area contributed by atoms with Gasteiger partial charge >= 0.3 is 0 Å². The fourth-order valence-electron chi connectivity index (χ4n) is 2.60. The van der Waals surface area contributed by atoms with Crippen molar-refractivity contribution in [2.45, 2.75) is 19.9 Å². The van der Waals surface area contributed by atoms with Crippen LogP contribution < -0.4 is 4.90 Å². The first-order chi connectivity index (χ1) is 8.50. The molecule has 18 heavy (non-hydrogen) atoms. The molecule has 0 bridgehead atoms. The molecule has 1 fully saturated rings. The van der Waals surface area contributed by atoms with Gasteiger partial charge in [-0.25, -0.2) is 4.39 Å². The van der Waals surface area contributed by atoms with Crippen molar-refractivity contribution in [3.63, 3.8) is 0 Å². The second kappa shape index (κ2) is 5.06. The van der Waals surface area contributed by atoms with Gasteiger partial charge in [0.05, 0.1) is 11.3 Å². The van der Waals surface area contributed by atoms with E-state index < -0.39 is 5.82 Å². The van der Waals surface area contributed by atoms with Crippen LogP contribution in [0, 0.1) is 5.82 Å². The Morgan fingerprint density at radius 3 is 2.72 bits per heavy atom. The summed E-state index contributed by atoms with van der Waals surface area (Å²) in [6.07, 6.45) is 0. The molecule has 1 aliphatic heterocycles. The summed E-state index contributed by atoms with van der Waals surface area (Å²) in [5, 5.41) is 0. The number of Topliss-reactive ketones (excluding diaryl/α,β-unsaturated/α-hetero) is 1. The van der Waals surface area contributed by atoms with Crippen molar-refractivity contribution in [3.05, 3.63) is 29.6 Å². The second-order valence-corrected chi connectivity index (χ2v) is 4.99. The molecular formula is C14H19FN2O. The number of benzene rings is 1. The van der Waals surface area contributed by atoms with Crippen molar-refractivity contribution in [2.24, 2.45) is 0 Å². The third kappa shape index (κ3) is 2.38. The monoisotopic (exact) mass is 250 g/mol. The summed E-state index contributed by atoms with van der Waals surface area (Å²) >= 11 is 0. The van der Waals surface area contributed by atoms with Crippen molar-refractivity contribution in [1.29, 1.82) is 0 Å². The molecule has 1 heterocycles. The van der Waals surface area contributed by atoms with Crippen LogP contribution in [0.15, 0.2) is 18.2 Å². The standard InChI is InChI=1S/C14H19FN2O/c1-10-9-16(3)7-8-17(10)13-6-4-5-12(15)14(13)11(2)18/h4-6,10H,7-9H2,1-3H3. The fraction of sp³-hybridized carbons (Fsp3) is 0.500. The van der Waals surface area contributed by atoms with E-state index in [2.05, 4.69) is 23.8 Å². The molecule has 1 aromatic rings. The number of hydrogen-bond acceptors (Lipinski definition) is 3. The number of hydrogen-bond donors (Lipinski definition) is 0. The SMILES string of the molecule is CC(=O)c1c(F)cccc1N1CCN(C)CC1C. The van der Waals surface area contributed by atoms with Gasteiger partial charge in [-0.15, -0.1) is 0 Å². The van der Waals surface area contributed by atoms with Crippen molar-refractivity contribution in [3.8, 4) is 0 Å². The molecule has 4 heteroatoms. The summed E-state index contributed by atoms with van der Waals surface area (Å²) < 4.78 is 13.8. The molecule has 0 saturated carbocycles. The van der Waals surface area contributed by atoms with Crippen LogP contribution in [0.4, 0.5) is 10.1 Å². The molecule has 0 radical (unpaired) electrons. The van der Waals surface area contributed by atoms with E-state index in [-0.39, 0.29) is 17.4 Å². The largest absolute Gasteiger partial charge is 0.366 e. The van der Waals surface area contributed by atoms with Crippen LogP contribution >= 0.6 is 0 Å². The van der Waals surface area contributed by atoms with E-state index in [1.807, 2.05) is 6.07 Å². The summed E-state index contributed by atoms with van der Waals surface area (Å²) in [7, 11) is 2.07. The summed E-state index contributed by atoms with van der Waals surface area (Å²) in [4.78, 5) is 16.0. The smallest absolute Gasteiger partial charge is 0.164 e. The highest BCUT2D eigenvalue weighted by Gasteiger charge is 2.25. The molecule has 1 saturated heterocycles. The number of carbonyl (C=O) groups excluding carboxylic acids is 1. The summed E-state index contributed by atoms with van der Waals surface area (Å²) in [5.74, 6) is -0.639. The van der Waals surface area contributed by atoms with Crippen molar-refractivity contribution in [1.82, 2.24) is 4.90 Å². The van der Waals surface area contributed by atoms with Gasteiger partial charge in [0.1, 0.15) is 5.82 Å². The van der Waals surface area contributed by atoms with Gasteiger partial charge in [-0.1, -0.05) is 6.07 Å². The third-order valence-electron chi connectivity index (χ3n) is 3.48. The second-order valence-electron chi connectivity index (χ2n) is 4.99. The Hall–Kier alpha value is -1.42. The van der Waals surface area contributed by atoms with Crippen molar-refractivity contribution in [2.75, 3.05) is 31.6 Å². The first-order valence-corrected chi connectivity index (χ1v) is 6.25.